The Morgan fingerprint density at radius 2 is 1.71 bits per heavy atom. The van der Waals surface area contributed by atoms with Crippen LogP contribution in [-0.4, -0.2) is 9.97 Å². The van der Waals surface area contributed by atoms with E-state index in [1.165, 1.54) is 22.3 Å². The van der Waals surface area contributed by atoms with E-state index in [2.05, 4.69) is 89.4 Å². The van der Waals surface area contributed by atoms with Gasteiger partial charge in [0.15, 0.2) is 4.73 Å². The lowest BCUT2D eigenvalue weighted by Gasteiger charge is -2.26. The predicted octanol–water partition coefficient (Wildman–Crippen LogP) is 6.69. The van der Waals surface area contributed by atoms with Crippen molar-refractivity contribution >= 4 is 21.5 Å². The van der Waals surface area contributed by atoms with Gasteiger partial charge in [-0.05, 0) is 50.7 Å². The highest BCUT2D eigenvalue weighted by Gasteiger charge is 2.38. The molecule has 2 aliphatic carbocycles. The molecule has 0 aliphatic heterocycles. The van der Waals surface area contributed by atoms with E-state index < -0.39 is 0 Å². The second-order valence-corrected chi connectivity index (χ2v) is 8.75. The van der Waals surface area contributed by atoms with Gasteiger partial charge in [-0.15, -0.1) is 0 Å². The third-order valence-electron chi connectivity index (χ3n) is 6.01. The summed E-state index contributed by atoms with van der Waals surface area (Å²) in [7, 11) is 0. The minimum atomic E-state index is 0.0643. The summed E-state index contributed by atoms with van der Waals surface area (Å²) in [5.41, 5.74) is 8.93. The van der Waals surface area contributed by atoms with Crippen molar-refractivity contribution in [2.45, 2.75) is 31.6 Å². The molecule has 0 spiro atoms. The summed E-state index contributed by atoms with van der Waals surface area (Å²) in [6.45, 7) is 4.65. The van der Waals surface area contributed by atoms with E-state index in [0.717, 1.165) is 23.4 Å². The van der Waals surface area contributed by atoms with Gasteiger partial charge in [0.2, 0.25) is 0 Å². The summed E-state index contributed by atoms with van der Waals surface area (Å²) in [4.78, 5) is 9.32. The van der Waals surface area contributed by atoms with E-state index >= 15 is 0 Å². The predicted molar refractivity (Wildman–Crippen MR) is 118 cm³/mol. The summed E-state index contributed by atoms with van der Waals surface area (Å²) in [5.74, 6) is 0.252. The first-order valence-corrected chi connectivity index (χ1v) is 10.4. The summed E-state index contributed by atoms with van der Waals surface area (Å²) >= 11 is 3.52. The number of nitrogens with zero attached hydrogens (tertiary/aromatic N) is 2. The smallest absolute Gasteiger partial charge is 0.197 e. The zero-order valence-electron chi connectivity index (χ0n) is 16.0. The van der Waals surface area contributed by atoms with Crippen LogP contribution in [0.15, 0.2) is 83.1 Å². The Morgan fingerprint density at radius 3 is 2.54 bits per heavy atom. The third kappa shape index (κ3) is 2.77. The van der Waals surface area contributed by atoms with Gasteiger partial charge < -0.3 is 0 Å². The van der Waals surface area contributed by atoms with Crippen LogP contribution in [0.1, 0.15) is 43.0 Å². The van der Waals surface area contributed by atoms with E-state index in [9.17, 15) is 0 Å². The van der Waals surface area contributed by atoms with Crippen LogP contribution in [0.25, 0.3) is 16.8 Å². The largest absolute Gasteiger partial charge is 0.227 e. The van der Waals surface area contributed by atoms with Crippen molar-refractivity contribution in [3.8, 4) is 11.3 Å². The SMILES string of the molecule is CC1(C)C2=C(CC(c3cc(-c4ccccc4)nc(Br)n3)C=C2)c2ccccc21. The summed E-state index contributed by atoms with van der Waals surface area (Å²) < 4.78 is 0.643. The van der Waals surface area contributed by atoms with Gasteiger partial charge in [-0.25, -0.2) is 9.97 Å². The maximum Gasteiger partial charge on any atom is 0.197 e. The van der Waals surface area contributed by atoms with Gasteiger partial charge in [0.25, 0.3) is 0 Å². The maximum atomic E-state index is 4.72. The van der Waals surface area contributed by atoms with Crippen LogP contribution in [-0.2, 0) is 5.41 Å². The molecule has 3 aromatic rings. The van der Waals surface area contributed by atoms with E-state index in [1.807, 2.05) is 18.2 Å². The van der Waals surface area contributed by atoms with Gasteiger partial charge in [0.05, 0.1) is 11.4 Å². The fraction of sp³-hybridized carbons (Fsp3) is 0.200. The van der Waals surface area contributed by atoms with Gasteiger partial charge in [0, 0.05) is 16.9 Å². The standard InChI is InChI=1S/C25H21BrN2/c1-25(2)20-11-7-6-10-18(20)19-14-17(12-13-21(19)25)23-15-22(27-24(26)28-23)16-8-4-3-5-9-16/h3-13,15,17H,14H2,1-2H3. The van der Waals surface area contributed by atoms with Crippen molar-refractivity contribution in [2.75, 3.05) is 0 Å². The lowest BCUT2D eigenvalue weighted by molar-refractivity contribution is 0.648. The fourth-order valence-electron chi connectivity index (χ4n) is 4.57. The number of hydrogen-bond donors (Lipinski definition) is 0. The highest BCUT2D eigenvalue weighted by atomic mass is 79.9. The van der Waals surface area contributed by atoms with E-state index in [-0.39, 0.29) is 11.3 Å². The molecule has 138 valence electrons. The molecular weight excluding hydrogens is 408 g/mol. The molecule has 2 aromatic carbocycles. The number of allylic oxidation sites excluding steroid dienone is 4. The molecule has 0 amide bonds. The van der Waals surface area contributed by atoms with Crippen molar-refractivity contribution in [1.82, 2.24) is 9.97 Å². The summed E-state index contributed by atoms with van der Waals surface area (Å²) in [6.07, 6.45) is 5.61. The van der Waals surface area contributed by atoms with E-state index in [1.54, 1.807) is 0 Å². The molecule has 1 aromatic heterocycles. The Morgan fingerprint density at radius 1 is 0.964 bits per heavy atom. The molecule has 1 atom stereocenters. The number of aromatic nitrogens is 2. The number of benzene rings is 2. The van der Waals surface area contributed by atoms with Crippen LogP contribution in [0, 0.1) is 0 Å². The van der Waals surface area contributed by atoms with Crippen molar-refractivity contribution in [3.05, 3.63) is 99.9 Å². The molecule has 5 rings (SSSR count). The average molecular weight is 429 g/mol. The Bertz CT molecular complexity index is 1130. The van der Waals surface area contributed by atoms with E-state index in [4.69, 9.17) is 4.98 Å². The highest BCUT2D eigenvalue weighted by Crippen LogP contribution is 2.51. The second-order valence-electron chi connectivity index (χ2n) is 8.05. The Hall–Kier alpha value is -2.52. The van der Waals surface area contributed by atoms with Crippen LogP contribution in [0.2, 0.25) is 0 Å². The Kier molecular flexibility index (Phi) is 4.09. The normalized spacial score (nSPS) is 19.5. The van der Waals surface area contributed by atoms with Gasteiger partial charge in [-0.3, -0.25) is 0 Å². The molecule has 2 aliphatic rings. The zero-order valence-corrected chi connectivity index (χ0v) is 17.6. The van der Waals surface area contributed by atoms with Crippen molar-refractivity contribution < 1.29 is 0 Å². The molecule has 28 heavy (non-hydrogen) atoms. The second kappa shape index (κ2) is 6.52. The molecule has 0 bridgehead atoms. The van der Waals surface area contributed by atoms with Crippen LogP contribution in [0.3, 0.4) is 0 Å². The first-order valence-electron chi connectivity index (χ1n) is 9.65. The number of hydrogen-bond acceptors (Lipinski definition) is 2. The number of halogens is 1. The van der Waals surface area contributed by atoms with Crippen LogP contribution in [0.5, 0.6) is 0 Å². The molecule has 0 N–H and O–H groups in total. The highest BCUT2D eigenvalue weighted by molar-refractivity contribution is 9.10. The van der Waals surface area contributed by atoms with Gasteiger partial charge >= 0.3 is 0 Å². The molecular formula is C25H21BrN2. The summed E-state index contributed by atoms with van der Waals surface area (Å²) in [5, 5.41) is 0. The van der Waals surface area contributed by atoms with Crippen LogP contribution < -0.4 is 0 Å². The molecule has 1 heterocycles. The van der Waals surface area contributed by atoms with E-state index in [0.29, 0.717) is 4.73 Å². The minimum absolute atomic E-state index is 0.0643. The molecule has 0 fully saturated rings. The molecule has 0 radical (unpaired) electrons. The van der Waals surface area contributed by atoms with Gasteiger partial charge in [0.1, 0.15) is 0 Å². The minimum Gasteiger partial charge on any atom is -0.227 e. The van der Waals surface area contributed by atoms with Gasteiger partial charge in [-0.1, -0.05) is 80.6 Å². The lowest BCUT2D eigenvalue weighted by atomic mass is 9.78. The topological polar surface area (TPSA) is 25.8 Å². The third-order valence-corrected chi connectivity index (χ3v) is 6.37. The van der Waals surface area contributed by atoms with Crippen molar-refractivity contribution in [2.24, 2.45) is 0 Å². The molecule has 3 heteroatoms. The van der Waals surface area contributed by atoms with Crippen molar-refractivity contribution in [1.29, 1.82) is 0 Å². The fourth-order valence-corrected chi connectivity index (χ4v) is 4.97. The lowest BCUT2D eigenvalue weighted by Crippen LogP contribution is -2.17. The first kappa shape index (κ1) is 17.6. The Labute approximate surface area is 174 Å². The van der Waals surface area contributed by atoms with Crippen LogP contribution in [0.4, 0.5) is 0 Å². The Balaban J connectivity index is 1.54. The zero-order chi connectivity index (χ0) is 19.3. The number of rotatable bonds is 2. The summed E-state index contributed by atoms with van der Waals surface area (Å²) in [6, 6.07) is 21.2. The molecule has 1 unspecified atom stereocenters. The molecule has 2 nitrogen and oxygen atoms in total. The molecule has 0 saturated carbocycles. The average Bonchev–Trinajstić information content (AvgIpc) is 2.95. The van der Waals surface area contributed by atoms with Crippen molar-refractivity contribution in [3.63, 3.8) is 0 Å². The monoisotopic (exact) mass is 428 g/mol. The number of fused-ring (bicyclic) bond motifs is 2. The van der Waals surface area contributed by atoms with Crippen LogP contribution >= 0.6 is 15.9 Å². The quantitative estimate of drug-likeness (QED) is 0.424. The molecule has 0 saturated heterocycles. The maximum absolute atomic E-state index is 4.72. The first-order chi connectivity index (χ1) is 13.5. The van der Waals surface area contributed by atoms with Gasteiger partial charge in [-0.2, -0.15) is 0 Å².